The van der Waals surface area contributed by atoms with E-state index in [0.29, 0.717) is 54.2 Å². The number of fused-ring (bicyclic) bond motifs is 1. The van der Waals surface area contributed by atoms with Crippen LogP contribution in [-0.4, -0.2) is 54.9 Å². The molecule has 9 heteroatoms. The summed E-state index contributed by atoms with van der Waals surface area (Å²) < 4.78 is 16.6. The van der Waals surface area contributed by atoms with Crippen LogP contribution < -0.4 is 14.8 Å². The first-order chi connectivity index (χ1) is 19.0. The van der Waals surface area contributed by atoms with Gasteiger partial charge in [0, 0.05) is 36.6 Å². The van der Waals surface area contributed by atoms with Crippen molar-refractivity contribution in [2.45, 2.75) is 57.7 Å². The number of hydrogen-bond donors (Lipinski definition) is 2. The van der Waals surface area contributed by atoms with Crippen LogP contribution in [0.15, 0.2) is 42.5 Å². The zero-order valence-corrected chi connectivity index (χ0v) is 23.9. The van der Waals surface area contributed by atoms with E-state index in [9.17, 15) is 20.0 Å². The molecule has 4 rings (SSSR count). The minimum atomic E-state index is -1.22. The molecule has 2 fully saturated rings. The van der Waals surface area contributed by atoms with Crippen LogP contribution in [0.3, 0.4) is 0 Å². The third kappa shape index (κ3) is 6.18. The number of anilines is 1. The highest BCUT2D eigenvalue weighted by atomic mass is 16.6. The van der Waals surface area contributed by atoms with Gasteiger partial charge in [-0.15, -0.1) is 0 Å². The fraction of sp³-hybridized carbons (Fsp3) is 0.516. The van der Waals surface area contributed by atoms with Crippen molar-refractivity contribution >= 4 is 17.7 Å². The van der Waals surface area contributed by atoms with Crippen LogP contribution in [0.2, 0.25) is 0 Å². The molecule has 0 aromatic heterocycles. The molecule has 2 amide bonds. The van der Waals surface area contributed by atoms with E-state index >= 15 is 0 Å². The zero-order valence-electron chi connectivity index (χ0n) is 23.9. The monoisotopic (exact) mass is 549 g/mol. The van der Waals surface area contributed by atoms with E-state index in [0.717, 1.165) is 6.42 Å². The van der Waals surface area contributed by atoms with Crippen LogP contribution in [0.1, 0.15) is 51.2 Å². The number of rotatable bonds is 7. The molecule has 0 radical (unpaired) electrons. The Morgan fingerprint density at radius 2 is 1.88 bits per heavy atom. The van der Waals surface area contributed by atoms with Gasteiger partial charge in [-0.05, 0) is 57.6 Å². The molecule has 0 unspecified atom stereocenters. The Kier molecular flexibility index (Phi) is 8.59. The van der Waals surface area contributed by atoms with Crippen LogP contribution in [0.4, 0.5) is 10.5 Å². The quantitative estimate of drug-likeness (QED) is 0.505. The highest BCUT2D eigenvalue weighted by Crippen LogP contribution is 2.52. The number of hydrogen-bond acceptors (Lipinski definition) is 7. The minimum absolute atomic E-state index is 0.0203. The molecular formula is C31H39N3O6. The van der Waals surface area contributed by atoms with Gasteiger partial charge in [-0.3, -0.25) is 10.1 Å². The number of nitriles is 1. The van der Waals surface area contributed by atoms with Gasteiger partial charge in [0.15, 0.2) is 0 Å². The predicted octanol–water partition coefficient (Wildman–Crippen LogP) is 4.88. The summed E-state index contributed by atoms with van der Waals surface area (Å²) in [4.78, 5) is 27.8. The van der Waals surface area contributed by atoms with Gasteiger partial charge in [0.1, 0.15) is 17.1 Å². The molecule has 0 spiro atoms. The summed E-state index contributed by atoms with van der Waals surface area (Å²) in [7, 11) is 3.08. The first kappa shape index (κ1) is 29.2. The third-order valence-corrected chi connectivity index (χ3v) is 7.87. The Bertz CT molecular complexity index is 1280. The number of amides is 2. The number of methoxy groups -OCH3 is 2. The molecule has 1 saturated carbocycles. The van der Waals surface area contributed by atoms with Crippen LogP contribution in [-0.2, 0) is 21.6 Å². The fourth-order valence-corrected chi connectivity index (χ4v) is 6.31. The molecule has 1 heterocycles. The average Bonchev–Trinajstić information content (AvgIpc) is 3.33. The molecule has 40 heavy (non-hydrogen) atoms. The van der Waals surface area contributed by atoms with E-state index in [2.05, 4.69) is 11.4 Å². The molecule has 4 atom stereocenters. The summed E-state index contributed by atoms with van der Waals surface area (Å²) in [6.07, 6.45) is 1.03. The number of carbonyl (C=O) groups is 2. The molecule has 1 saturated heterocycles. The summed E-state index contributed by atoms with van der Waals surface area (Å²) in [5.74, 6) is 0.786. The van der Waals surface area contributed by atoms with Gasteiger partial charge >= 0.3 is 6.09 Å². The molecule has 9 nitrogen and oxygen atoms in total. The highest BCUT2D eigenvalue weighted by Gasteiger charge is 2.54. The van der Waals surface area contributed by atoms with Gasteiger partial charge in [-0.1, -0.05) is 30.3 Å². The van der Waals surface area contributed by atoms with Crippen LogP contribution in [0.5, 0.6) is 11.5 Å². The topological polar surface area (TPSA) is 121 Å². The number of para-hydroxylation sites is 2. The second-order valence-electron chi connectivity index (χ2n) is 11.8. The summed E-state index contributed by atoms with van der Waals surface area (Å²) in [5.41, 5.74) is -0.122. The second-order valence-corrected chi connectivity index (χ2v) is 11.8. The molecule has 1 aliphatic heterocycles. The number of carbonyl (C=O) groups excluding carboxylic acids is 2. The molecule has 2 aliphatic rings. The predicted molar refractivity (Wildman–Crippen MR) is 150 cm³/mol. The standard InChI is InChI=1S/C31H39N3O6/c1-30(2,3)40-29(36)33-25-11-8-9-21(28(25)39-5)16-27(35)34-18-22-15-20(13-14-32)17-31(37,24(22)19-34)23-10-6-7-12-26(23)38-4/h6-12,20,22,24,37H,13,15-19H2,1-5H3,(H,33,36)/t20-,22-,24-,31-/m1/s1. The number of likely N-dealkylation sites (tertiary alicyclic amines) is 1. The Balaban J connectivity index is 1.56. The Morgan fingerprint density at radius 3 is 2.55 bits per heavy atom. The number of nitrogens with zero attached hydrogens (tertiary/aromatic N) is 2. The SMILES string of the molecule is COc1ccccc1[C@]1(O)C[C@H](CC#N)C[C@@H]2CN(C(=O)Cc3cccc(NC(=O)OC(C)(C)C)c3OC)C[C@H]21. The third-order valence-electron chi connectivity index (χ3n) is 7.87. The van der Waals surface area contributed by atoms with E-state index in [4.69, 9.17) is 14.2 Å². The summed E-state index contributed by atoms with van der Waals surface area (Å²) in [5, 5.41) is 24.3. The zero-order chi connectivity index (χ0) is 29.1. The lowest BCUT2D eigenvalue weighted by Gasteiger charge is -2.45. The first-order valence-corrected chi connectivity index (χ1v) is 13.7. The van der Waals surface area contributed by atoms with Crippen LogP contribution in [0, 0.1) is 29.1 Å². The fourth-order valence-electron chi connectivity index (χ4n) is 6.31. The maximum Gasteiger partial charge on any atom is 0.412 e. The molecule has 214 valence electrons. The molecular weight excluding hydrogens is 510 g/mol. The van der Waals surface area contributed by atoms with Gasteiger partial charge in [0.05, 0.1) is 38.0 Å². The maximum atomic E-state index is 13.6. The molecule has 2 aromatic rings. The first-order valence-electron chi connectivity index (χ1n) is 13.7. The minimum Gasteiger partial charge on any atom is -0.496 e. The van der Waals surface area contributed by atoms with Crippen LogP contribution >= 0.6 is 0 Å². The Morgan fingerprint density at radius 1 is 1.12 bits per heavy atom. The lowest BCUT2D eigenvalue weighted by atomic mass is 9.63. The molecule has 2 N–H and O–H groups in total. The van der Waals surface area contributed by atoms with Crippen molar-refractivity contribution in [3.63, 3.8) is 0 Å². The van der Waals surface area contributed by atoms with Crippen molar-refractivity contribution in [2.75, 3.05) is 32.6 Å². The normalized spacial score (nSPS) is 24.0. The number of nitrogens with one attached hydrogen (secondary N) is 1. The Labute approximate surface area is 236 Å². The van der Waals surface area contributed by atoms with E-state index in [1.807, 2.05) is 24.3 Å². The van der Waals surface area contributed by atoms with Gasteiger partial charge < -0.3 is 24.2 Å². The van der Waals surface area contributed by atoms with E-state index in [1.165, 1.54) is 7.11 Å². The van der Waals surface area contributed by atoms with Crippen molar-refractivity contribution < 1.29 is 28.9 Å². The largest absolute Gasteiger partial charge is 0.496 e. The van der Waals surface area contributed by atoms with Crippen molar-refractivity contribution in [1.82, 2.24) is 4.90 Å². The highest BCUT2D eigenvalue weighted by molar-refractivity contribution is 5.88. The summed E-state index contributed by atoms with van der Waals surface area (Å²) >= 11 is 0. The van der Waals surface area contributed by atoms with E-state index in [-0.39, 0.29) is 30.1 Å². The maximum absolute atomic E-state index is 13.6. The Hall–Kier alpha value is -3.77. The van der Waals surface area contributed by atoms with Crippen molar-refractivity contribution in [1.29, 1.82) is 5.26 Å². The molecule has 1 aliphatic carbocycles. The number of benzene rings is 2. The van der Waals surface area contributed by atoms with E-state index < -0.39 is 17.3 Å². The van der Waals surface area contributed by atoms with Gasteiger partial charge in [0.2, 0.25) is 5.91 Å². The summed E-state index contributed by atoms with van der Waals surface area (Å²) in [6.45, 7) is 6.24. The second kappa shape index (κ2) is 11.8. The van der Waals surface area contributed by atoms with Gasteiger partial charge in [-0.2, -0.15) is 5.26 Å². The van der Waals surface area contributed by atoms with Gasteiger partial charge in [-0.25, -0.2) is 4.79 Å². The summed E-state index contributed by atoms with van der Waals surface area (Å²) in [6, 6.07) is 15.0. The van der Waals surface area contributed by atoms with Crippen LogP contribution in [0.25, 0.3) is 0 Å². The number of ether oxygens (including phenoxy) is 3. The smallest absolute Gasteiger partial charge is 0.412 e. The lowest BCUT2D eigenvalue weighted by molar-refractivity contribution is -0.130. The average molecular weight is 550 g/mol. The van der Waals surface area contributed by atoms with E-state index in [1.54, 1.807) is 51.0 Å². The molecule has 2 aromatic carbocycles. The van der Waals surface area contributed by atoms with Crippen molar-refractivity contribution in [2.24, 2.45) is 17.8 Å². The number of aliphatic hydroxyl groups is 1. The lowest BCUT2D eigenvalue weighted by Crippen LogP contribution is -2.46. The van der Waals surface area contributed by atoms with Crippen molar-refractivity contribution in [3.05, 3.63) is 53.6 Å². The van der Waals surface area contributed by atoms with Crippen molar-refractivity contribution in [3.8, 4) is 17.6 Å². The van der Waals surface area contributed by atoms with Gasteiger partial charge in [0.25, 0.3) is 0 Å². The molecule has 0 bridgehead atoms.